The summed E-state index contributed by atoms with van der Waals surface area (Å²) in [5, 5.41) is 13.5. The average Bonchev–Trinajstić information content (AvgIpc) is 3.12. The number of benzene rings is 1. The van der Waals surface area contributed by atoms with Gasteiger partial charge in [-0.05, 0) is 18.9 Å². The lowest BCUT2D eigenvalue weighted by Gasteiger charge is -2.13. The number of rotatable bonds is 4. The summed E-state index contributed by atoms with van der Waals surface area (Å²) in [5.41, 5.74) is 3.11. The molecule has 2 aliphatic heterocycles. The van der Waals surface area contributed by atoms with Gasteiger partial charge in [0.25, 0.3) is 5.91 Å². The van der Waals surface area contributed by atoms with Crippen molar-refractivity contribution in [2.24, 2.45) is 4.99 Å². The standard InChI is InChI=1S/C21H21N5O/c22-11-7-12-25-15-17(20(24-25)16-8-3-1-4-9-16)14-18-21(27)26-13-6-2-5-10-19(26)23-18/h1,3-4,8-9,14-15H,2,5-7,10,12-13H2/b18-14-. The largest absolute Gasteiger partial charge is 0.295 e. The maximum Gasteiger partial charge on any atom is 0.277 e. The molecule has 136 valence electrons. The van der Waals surface area contributed by atoms with E-state index in [0.29, 0.717) is 18.7 Å². The molecule has 2 aromatic rings. The number of aryl methyl sites for hydroxylation is 1. The average molecular weight is 359 g/mol. The van der Waals surface area contributed by atoms with Gasteiger partial charge in [-0.15, -0.1) is 0 Å². The minimum atomic E-state index is -0.0179. The van der Waals surface area contributed by atoms with Gasteiger partial charge in [-0.1, -0.05) is 36.8 Å². The summed E-state index contributed by atoms with van der Waals surface area (Å²) in [6.07, 6.45) is 8.23. The van der Waals surface area contributed by atoms with Crippen LogP contribution in [0, 0.1) is 11.3 Å². The number of carbonyl (C=O) groups excluding carboxylic acids is 1. The second-order valence-electron chi connectivity index (χ2n) is 6.80. The molecule has 4 rings (SSSR count). The Morgan fingerprint density at radius 1 is 1.19 bits per heavy atom. The summed E-state index contributed by atoms with van der Waals surface area (Å²) >= 11 is 0. The molecule has 0 atom stereocenters. The molecule has 0 unspecified atom stereocenters. The summed E-state index contributed by atoms with van der Waals surface area (Å²) in [6, 6.07) is 12.0. The maximum absolute atomic E-state index is 12.8. The van der Waals surface area contributed by atoms with Crippen LogP contribution in [0.2, 0.25) is 0 Å². The molecule has 3 heterocycles. The lowest BCUT2D eigenvalue weighted by Crippen LogP contribution is -2.31. The van der Waals surface area contributed by atoms with E-state index < -0.39 is 0 Å². The van der Waals surface area contributed by atoms with Crippen molar-refractivity contribution in [2.45, 2.75) is 38.6 Å². The number of amides is 1. The Morgan fingerprint density at radius 2 is 2.04 bits per heavy atom. The zero-order valence-electron chi connectivity index (χ0n) is 15.1. The van der Waals surface area contributed by atoms with E-state index in [1.165, 1.54) is 0 Å². The highest BCUT2D eigenvalue weighted by Gasteiger charge is 2.30. The summed E-state index contributed by atoms with van der Waals surface area (Å²) in [4.78, 5) is 19.2. The normalized spacial score (nSPS) is 18.2. The Bertz CT molecular complexity index is 949. The van der Waals surface area contributed by atoms with E-state index >= 15 is 0 Å². The van der Waals surface area contributed by atoms with Crippen LogP contribution in [-0.4, -0.2) is 33.0 Å². The molecule has 2 aliphatic rings. The number of nitrogens with zero attached hydrogens (tertiary/aromatic N) is 5. The molecule has 0 radical (unpaired) electrons. The Morgan fingerprint density at radius 3 is 2.85 bits per heavy atom. The first-order chi connectivity index (χ1) is 13.3. The van der Waals surface area contributed by atoms with Gasteiger partial charge in [-0.25, -0.2) is 4.99 Å². The quantitative estimate of drug-likeness (QED) is 0.783. The number of carbonyl (C=O) groups is 1. The van der Waals surface area contributed by atoms with E-state index in [4.69, 9.17) is 5.26 Å². The van der Waals surface area contributed by atoms with E-state index in [1.807, 2.05) is 47.5 Å². The molecule has 1 fully saturated rings. The van der Waals surface area contributed by atoms with E-state index in [-0.39, 0.29) is 5.91 Å². The summed E-state index contributed by atoms with van der Waals surface area (Å²) < 4.78 is 1.77. The Hall–Kier alpha value is -3.20. The van der Waals surface area contributed by atoms with Crippen molar-refractivity contribution in [1.29, 1.82) is 5.26 Å². The Balaban J connectivity index is 1.72. The van der Waals surface area contributed by atoms with Gasteiger partial charge in [0.1, 0.15) is 11.5 Å². The molecule has 6 nitrogen and oxygen atoms in total. The molecular weight excluding hydrogens is 338 g/mol. The number of amidine groups is 1. The summed E-state index contributed by atoms with van der Waals surface area (Å²) in [6.45, 7) is 1.27. The molecule has 0 aliphatic carbocycles. The monoisotopic (exact) mass is 359 g/mol. The molecule has 1 saturated heterocycles. The van der Waals surface area contributed by atoms with Crippen LogP contribution in [0.1, 0.15) is 37.7 Å². The van der Waals surface area contributed by atoms with E-state index in [1.54, 1.807) is 4.68 Å². The number of hydrogen-bond donors (Lipinski definition) is 0. The summed E-state index contributed by atoms with van der Waals surface area (Å²) in [7, 11) is 0. The molecule has 1 aromatic carbocycles. The molecule has 27 heavy (non-hydrogen) atoms. The SMILES string of the molecule is N#CCCn1cc(/C=C2\N=C3CCCCCN3C2=O)c(-c2ccccc2)n1. The topological polar surface area (TPSA) is 74.3 Å². The van der Waals surface area contributed by atoms with Gasteiger partial charge in [0.15, 0.2) is 0 Å². The van der Waals surface area contributed by atoms with Crippen LogP contribution in [0.25, 0.3) is 17.3 Å². The number of aliphatic imine (C=N–C) groups is 1. The van der Waals surface area contributed by atoms with Gasteiger partial charge in [-0.2, -0.15) is 10.4 Å². The lowest BCUT2D eigenvalue weighted by molar-refractivity contribution is -0.122. The predicted octanol–water partition coefficient (Wildman–Crippen LogP) is 3.62. The fraction of sp³-hybridized carbons (Fsp3) is 0.333. The van der Waals surface area contributed by atoms with Crippen molar-refractivity contribution in [1.82, 2.24) is 14.7 Å². The van der Waals surface area contributed by atoms with Crippen molar-refractivity contribution in [3.8, 4) is 17.3 Å². The van der Waals surface area contributed by atoms with E-state index in [2.05, 4.69) is 16.2 Å². The third-order valence-electron chi connectivity index (χ3n) is 4.89. The van der Waals surface area contributed by atoms with E-state index in [9.17, 15) is 4.79 Å². The third-order valence-corrected chi connectivity index (χ3v) is 4.89. The molecule has 0 N–H and O–H groups in total. The minimum Gasteiger partial charge on any atom is -0.295 e. The van der Waals surface area contributed by atoms with Gasteiger partial charge in [0.05, 0.1) is 24.7 Å². The third kappa shape index (κ3) is 3.54. The van der Waals surface area contributed by atoms with Crippen LogP contribution in [0.15, 0.2) is 47.2 Å². The fourth-order valence-corrected chi connectivity index (χ4v) is 3.54. The highest BCUT2D eigenvalue weighted by molar-refractivity contribution is 6.14. The highest BCUT2D eigenvalue weighted by Crippen LogP contribution is 2.28. The maximum atomic E-state index is 12.8. The number of aromatic nitrogens is 2. The first kappa shape index (κ1) is 17.2. The molecule has 0 bridgehead atoms. The van der Waals surface area contributed by atoms with Crippen molar-refractivity contribution in [2.75, 3.05) is 6.54 Å². The van der Waals surface area contributed by atoms with E-state index in [0.717, 1.165) is 54.9 Å². The zero-order valence-corrected chi connectivity index (χ0v) is 15.1. The molecule has 0 spiro atoms. The number of hydrogen-bond acceptors (Lipinski definition) is 4. The molecule has 0 saturated carbocycles. The van der Waals surface area contributed by atoms with Crippen LogP contribution in [0.4, 0.5) is 0 Å². The second-order valence-corrected chi connectivity index (χ2v) is 6.80. The van der Waals surface area contributed by atoms with Crippen molar-refractivity contribution in [3.05, 3.63) is 47.8 Å². The zero-order chi connectivity index (χ0) is 18.6. The Labute approximate surface area is 158 Å². The highest BCUT2D eigenvalue weighted by atomic mass is 16.2. The molecule has 1 aromatic heterocycles. The van der Waals surface area contributed by atoms with Crippen LogP contribution in [-0.2, 0) is 11.3 Å². The fourth-order valence-electron chi connectivity index (χ4n) is 3.54. The first-order valence-corrected chi connectivity index (χ1v) is 9.37. The van der Waals surface area contributed by atoms with Gasteiger partial charge >= 0.3 is 0 Å². The lowest BCUT2D eigenvalue weighted by atomic mass is 10.1. The second kappa shape index (κ2) is 7.58. The minimum absolute atomic E-state index is 0.0179. The van der Waals surface area contributed by atoms with Crippen LogP contribution in [0.3, 0.4) is 0 Å². The summed E-state index contributed by atoms with van der Waals surface area (Å²) in [5.74, 6) is 0.873. The van der Waals surface area contributed by atoms with Gasteiger partial charge < -0.3 is 0 Å². The smallest absolute Gasteiger partial charge is 0.277 e. The van der Waals surface area contributed by atoms with Gasteiger partial charge in [0.2, 0.25) is 0 Å². The van der Waals surface area contributed by atoms with Gasteiger partial charge in [-0.3, -0.25) is 14.4 Å². The number of nitriles is 1. The number of fused-ring (bicyclic) bond motifs is 1. The molecule has 1 amide bonds. The van der Waals surface area contributed by atoms with Crippen molar-refractivity contribution < 1.29 is 4.79 Å². The van der Waals surface area contributed by atoms with Crippen LogP contribution < -0.4 is 0 Å². The van der Waals surface area contributed by atoms with Crippen molar-refractivity contribution >= 4 is 17.8 Å². The predicted molar refractivity (Wildman–Crippen MR) is 103 cm³/mol. The van der Waals surface area contributed by atoms with Crippen LogP contribution >= 0.6 is 0 Å². The van der Waals surface area contributed by atoms with Crippen LogP contribution in [0.5, 0.6) is 0 Å². The first-order valence-electron chi connectivity index (χ1n) is 9.37. The Kier molecular flexibility index (Phi) is 4.84. The molecular formula is C21H21N5O. The van der Waals surface area contributed by atoms with Crippen molar-refractivity contribution in [3.63, 3.8) is 0 Å². The molecule has 6 heteroatoms. The van der Waals surface area contributed by atoms with Gasteiger partial charge in [0, 0.05) is 30.3 Å².